The van der Waals surface area contributed by atoms with E-state index in [1.54, 1.807) is 31.2 Å². The van der Waals surface area contributed by atoms with Gasteiger partial charge in [0.25, 0.3) is 5.91 Å². The third-order valence-corrected chi connectivity index (χ3v) is 6.15. The normalized spacial score (nSPS) is 17.1. The molecule has 0 unspecified atom stereocenters. The quantitative estimate of drug-likeness (QED) is 0.593. The maximum atomic E-state index is 13.4. The Morgan fingerprint density at radius 2 is 1.77 bits per heavy atom. The van der Waals surface area contributed by atoms with Crippen molar-refractivity contribution >= 4 is 35.5 Å². The van der Waals surface area contributed by atoms with Crippen molar-refractivity contribution in [3.05, 3.63) is 81.5 Å². The van der Waals surface area contributed by atoms with Crippen LogP contribution in [0.15, 0.2) is 59.8 Å². The number of hydrogen-bond acceptors (Lipinski definition) is 6. The Morgan fingerprint density at radius 3 is 2.51 bits per heavy atom. The molecule has 4 rings (SSSR count). The van der Waals surface area contributed by atoms with Crippen molar-refractivity contribution in [2.75, 3.05) is 19.8 Å². The van der Waals surface area contributed by atoms with Crippen molar-refractivity contribution in [1.82, 2.24) is 15.5 Å². The molecule has 9 nitrogen and oxygen atoms in total. The molecule has 2 N–H and O–H groups in total. The van der Waals surface area contributed by atoms with Crippen molar-refractivity contribution in [1.29, 1.82) is 0 Å². The summed E-state index contributed by atoms with van der Waals surface area (Å²) in [4.78, 5) is 52.1. The number of rotatable bonds is 6. The lowest BCUT2D eigenvalue weighted by atomic mass is 9.93. The van der Waals surface area contributed by atoms with Crippen LogP contribution >= 0.6 is 11.6 Å². The van der Waals surface area contributed by atoms with Gasteiger partial charge in [-0.15, -0.1) is 0 Å². The fraction of sp³-hybridized carbons (Fsp3) is 0.280. The summed E-state index contributed by atoms with van der Waals surface area (Å²) in [7, 11) is 0. The summed E-state index contributed by atoms with van der Waals surface area (Å²) in [5, 5.41) is 5.28. The first-order valence-corrected chi connectivity index (χ1v) is 11.5. The van der Waals surface area contributed by atoms with Gasteiger partial charge in [-0.3, -0.25) is 4.79 Å². The molecule has 0 saturated heterocycles. The minimum Gasteiger partial charge on any atom is -0.463 e. The van der Waals surface area contributed by atoms with E-state index in [2.05, 4.69) is 10.6 Å². The van der Waals surface area contributed by atoms with Crippen molar-refractivity contribution in [3.8, 4) is 0 Å². The number of carbonyl (C=O) groups is 4. The summed E-state index contributed by atoms with van der Waals surface area (Å²) >= 11 is 6.25. The van der Waals surface area contributed by atoms with Crippen LogP contribution in [0.5, 0.6) is 0 Å². The Labute approximate surface area is 207 Å². The highest BCUT2D eigenvalue weighted by atomic mass is 35.5. The number of halogens is 1. The Balaban J connectivity index is 1.58. The second-order valence-electron chi connectivity index (χ2n) is 7.99. The highest BCUT2D eigenvalue weighted by Gasteiger charge is 2.37. The van der Waals surface area contributed by atoms with E-state index in [9.17, 15) is 19.2 Å². The molecule has 2 aliphatic rings. The number of amides is 3. The van der Waals surface area contributed by atoms with E-state index in [0.717, 1.165) is 11.1 Å². The number of nitrogens with one attached hydrogen (secondary N) is 2. The average molecular weight is 498 g/mol. The molecule has 0 saturated carbocycles. The van der Waals surface area contributed by atoms with E-state index in [1.807, 2.05) is 24.3 Å². The lowest BCUT2D eigenvalue weighted by Gasteiger charge is -2.35. The van der Waals surface area contributed by atoms with Gasteiger partial charge in [0.05, 0.1) is 35.0 Å². The summed E-state index contributed by atoms with van der Waals surface area (Å²) in [6.07, 6.45) is 0.253. The molecule has 35 heavy (non-hydrogen) atoms. The first-order valence-electron chi connectivity index (χ1n) is 11.1. The number of hydrogen-bond donors (Lipinski definition) is 2. The molecule has 2 heterocycles. The van der Waals surface area contributed by atoms with Gasteiger partial charge >= 0.3 is 18.0 Å². The number of carbonyl (C=O) groups excluding carboxylic acids is 4. The summed E-state index contributed by atoms with van der Waals surface area (Å²) in [5.74, 6) is -1.68. The Kier molecular flexibility index (Phi) is 7.36. The van der Waals surface area contributed by atoms with Gasteiger partial charge in [-0.05, 0) is 30.2 Å². The summed E-state index contributed by atoms with van der Waals surface area (Å²) < 4.78 is 10.5. The predicted molar refractivity (Wildman–Crippen MR) is 126 cm³/mol. The summed E-state index contributed by atoms with van der Waals surface area (Å²) in [6, 6.07) is 12.8. The summed E-state index contributed by atoms with van der Waals surface area (Å²) in [6.45, 7) is 1.62. The van der Waals surface area contributed by atoms with Gasteiger partial charge in [-0.1, -0.05) is 48.0 Å². The van der Waals surface area contributed by atoms with Gasteiger partial charge < -0.3 is 25.0 Å². The number of benzene rings is 2. The molecule has 0 fully saturated rings. The van der Waals surface area contributed by atoms with Crippen LogP contribution in [0.3, 0.4) is 0 Å². The van der Waals surface area contributed by atoms with Gasteiger partial charge in [0.1, 0.15) is 12.6 Å². The molecule has 1 atom stereocenters. The number of urea groups is 1. The van der Waals surface area contributed by atoms with Gasteiger partial charge in [0.15, 0.2) is 0 Å². The Bertz CT molecular complexity index is 1210. The second kappa shape index (κ2) is 10.6. The Morgan fingerprint density at radius 1 is 1.06 bits per heavy atom. The maximum Gasteiger partial charge on any atom is 0.337 e. The van der Waals surface area contributed by atoms with Crippen molar-refractivity contribution in [2.45, 2.75) is 25.9 Å². The molecule has 0 bridgehead atoms. The number of fused-ring (bicyclic) bond motifs is 1. The van der Waals surface area contributed by atoms with Crippen LogP contribution in [0.25, 0.3) is 0 Å². The standard InChI is InChI=1S/C25H24ClN3O6/c1-2-34-23(31)18-12-27-25(33)28-20(18)14-35-24(32)21-11-15-7-3-4-8-16(15)13-29(21)22(30)17-9-5-6-10-19(17)26/h3-10,21H,2,11-14H2,1H3,(H2,27,28,33)/t21-/m0/s1. The smallest absolute Gasteiger partial charge is 0.337 e. The zero-order chi connectivity index (χ0) is 24.9. The first-order chi connectivity index (χ1) is 16.9. The largest absolute Gasteiger partial charge is 0.463 e. The zero-order valence-electron chi connectivity index (χ0n) is 19.0. The van der Waals surface area contributed by atoms with E-state index in [-0.39, 0.29) is 54.6 Å². The molecule has 0 radical (unpaired) electrons. The SMILES string of the molecule is CCOC(=O)C1=C(COC(=O)[C@@H]2Cc3ccccc3CN2C(=O)c2ccccc2Cl)NC(=O)NC1. The molecular formula is C25H24ClN3O6. The third-order valence-electron chi connectivity index (χ3n) is 5.82. The summed E-state index contributed by atoms with van der Waals surface area (Å²) in [5.41, 5.74) is 2.44. The third kappa shape index (κ3) is 5.30. The maximum absolute atomic E-state index is 13.4. The van der Waals surface area contributed by atoms with Crippen molar-refractivity contribution < 1.29 is 28.7 Å². The fourth-order valence-electron chi connectivity index (χ4n) is 4.04. The molecule has 0 aromatic heterocycles. The molecule has 0 spiro atoms. The van der Waals surface area contributed by atoms with E-state index >= 15 is 0 Å². The highest BCUT2D eigenvalue weighted by Crippen LogP contribution is 2.28. The highest BCUT2D eigenvalue weighted by molar-refractivity contribution is 6.33. The lowest BCUT2D eigenvalue weighted by molar-refractivity contribution is -0.149. The monoisotopic (exact) mass is 497 g/mol. The molecule has 2 aliphatic heterocycles. The zero-order valence-corrected chi connectivity index (χ0v) is 19.8. The van der Waals surface area contributed by atoms with Crippen molar-refractivity contribution in [2.24, 2.45) is 0 Å². The first kappa shape index (κ1) is 24.3. The molecule has 3 amide bonds. The van der Waals surface area contributed by atoms with Crippen LogP contribution in [0, 0.1) is 0 Å². The molecule has 2 aromatic rings. The molecular weight excluding hydrogens is 474 g/mol. The molecule has 2 aromatic carbocycles. The molecule has 182 valence electrons. The minimum absolute atomic E-state index is 0.0501. The number of nitrogens with zero attached hydrogens (tertiary/aromatic N) is 1. The van der Waals surface area contributed by atoms with Crippen molar-refractivity contribution in [3.63, 3.8) is 0 Å². The van der Waals surface area contributed by atoms with Crippen LogP contribution in [0.2, 0.25) is 5.02 Å². The average Bonchev–Trinajstić information content (AvgIpc) is 2.86. The van der Waals surface area contributed by atoms with E-state index in [1.165, 1.54) is 4.90 Å². The molecule has 10 heteroatoms. The fourth-order valence-corrected chi connectivity index (χ4v) is 4.26. The second-order valence-corrected chi connectivity index (χ2v) is 8.40. The van der Waals surface area contributed by atoms with Gasteiger partial charge in [0.2, 0.25) is 0 Å². The van der Waals surface area contributed by atoms with E-state index in [0.29, 0.717) is 0 Å². The van der Waals surface area contributed by atoms with Gasteiger partial charge in [-0.25, -0.2) is 14.4 Å². The van der Waals surface area contributed by atoms with Gasteiger partial charge in [0, 0.05) is 13.0 Å². The van der Waals surface area contributed by atoms with Crippen LogP contribution in [0.4, 0.5) is 4.79 Å². The Hall–Kier alpha value is -3.85. The van der Waals surface area contributed by atoms with E-state index in [4.69, 9.17) is 21.1 Å². The van der Waals surface area contributed by atoms with Crippen LogP contribution in [-0.4, -0.2) is 54.6 Å². The van der Waals surface area contributed by atoms with Gasteiger partial charge in [-0.2, -0.15) is 0 Å². The molecule has 0 aliphatic carbocycles. The van der Waals surface area contributed by atoms with Crippen LogP contribution in [0.1, 0.15) is 28.4 Å². The van der Waals surface area contributed by atoms with Crippen LogP contribution in [-0.2, 0) is 32.0 Å². The lowest BCUT2D eigenvalue weighted by Crippen LogP contribution is -2.50. The topological polar surface area (TPSA) is 114 Å². The number of ether oxygens (including phenoxy) is 2. The predicted octanol–water partition coefficient (Wildman–Crippen LogP) is 2.58. The number of esters is 2. The minimum atomic E-state index is -0.919. The van der Waals surface area contributed by atoms with Crippen LogP contribution < -0.4 is 10.6 Å². The van der Waals surface area contributed by atoms with E-state index < -0.39 is 29.9 Å².